The SMILES string of the molecule is Cc1cc(P)sc1C.Cc1csc(P)c1. The third-order valence-electron chi connectivity index (χ3n) is 1.94. The fourth-order valence-electron chi connectivity index (χ4n) is 1.06. The number of thiophene rings is 2. The van der Waals surface area contributed by atoms with E-state index in [-0.39, 0.29) is 0 Å². The van der Waals surface area contributed by atoms with Crippen molar-refractivity contribution < 1.29 is 0 Å². The summed E-state index contributed by atoms with van der Waals surface area (Å²) in [6.07, 6.45) is 0. The maximum Gasteiger partial charge on any atom is 0.0221 e. The molecule has 82 valence electrons. The molecule has 0 saturated heterocycles. The molecule has 0 aliphatic heterocycles. The molecule has 0 aliphatic carbocycles. The molecule has 0 aliphatic rings. The number of hydrogen-bond acceptors (Lipinski definition) is 2. The van der Waals surface area contributed by atoms with Gasteiger partial charge < -0.3 is 0 Å². The lowest BCUT2D eigenvalue weighted by Gasteiger charge is -1.79. The summed E-state index contributed by atoms with van der Waals surface area (Å²) >= 11 is 3.60. The minimum Gasteiger partial charge on any atom is -0.144 e. The topological polar surface area (TPSA) is 0 Å². The zero-order chi connectivity index (χ0) is 11.4. The van der Waals surface area contributed by atoms with Gasteiger partial charge in [0.1, 0.15) is 0 Å². The van der Waals surface area contributed by atoms with Gasteiger partial charge in [-0.2, -0.15) is 0 Å². The molecule has 0 radical (unpaired) electrons. The second-order valence-corrected chi connectivity index (χ2v) is 7.73. The monoisotopic (exact) mass is 274 g/mol. The van der Waals surface area contributed by atoms with Gasteiger partial charge in [-0.3, -0.25) is 0 Å². The molecule has 15 heavy (non-hydrogen) atoms. The van der Waals surface area contributed by atoms with Crippen LogP contribution in [0.3, 0.4) is 0 Å². The Bertz CT molecular complexity index is 393. The van der Waals surface area contributed by atoms with Gasteiger partial charge in [0.05, 0.1) is 0 Å². The first kappa shape index (κ1) is 13.3. The average molecular weight is 274 g/mol. The van der Waals surface area contributed by atoms with E-state index in [9.17, 15) is 0 Å². The van der Waals surface area contributed by atoms with Crippen LogP contribution in [0.5, 0.6) is 0 Å². The first-order chi connectivity index (χ1) is 6.99. The standard InChI is InChI=1S/C6H9PS.C5H7PS/c1-4-3-6(7)8-5(4)2;1-4-2-5(6)7-3-4/h3H,7H2,1-2H3;2-3H,6H2,1H3. The van der Waals surface area contributed by atoms with E-state index in [1.54, 1.807) is 11.3 Å². The van der Waals surface area contributed by atoms with Crippen molar-refractivity contribution in [1.29, 1.82) is 0 Å². The van der Waals surface area contributed by atoms with Crippen molar-refractivity contribution in [2.24, 2.45) is 0 Å². The molecule has 0 N–H and O–H groups in total. The molecule has 2 atom stereocenters. The van der Waals surface area contributed by atoms with Crippen LogP contribution in [0.25, 0.3) is 0 Å². The molecular formula is C11H16P2S2. The Morgan fingerprint density at radius 2 is 1.67 bits per heavy atom. The summed E-state index contributed by atoms with van der Waals surface area (Å²) in [5, 5.41) is 2.14. The zero-order valence-electron chi connectivity index (χ0n) is 9.20. The van der Waals surface area contributed by atoms with E-state index in [4.69, 9.17) is 0 Å². The molecule has 2 rings (SSSR count). The fourth-order valence-corrected chi connectivity index (χ4v) is 3.76. The van der Waals surface area contributed by atoms with Crippen LogP contribution >= 0.6 is 41.2 Å². The van der Waals surface area contributed by atoms with Crippen LogP contribution in [0.1, 0.15) is 16.0 Å². The average Bonchev–Trinajstić information content (AvgIpc) is 2.61. The van der Waals surface area contributed by atoms with Crippen molar-refractivity contribution in [3.63, 3.8) is 0 Å². The summed E-state index contributed by atoms with van der Waals surface area (Å²) in [4.78, 5) is 1.43. The lowest BCUT2D eigenvalue weighted by molar-refractivity contribution is 1.45. The molecule has 2 heterocycles. The van der Waals surface area contributed by atoms with Gasteiger partial charge in [-0.05, 0) is 49.4 Å². The Kier molecular flexibility index (Phi) is 5.43. The van der Waals surface area contributed by atoms with Crippen LogP contribution in [0.15, 0.2) is 17.5 Å². The van der Waals surface area contributed by atoms with Gasteiger partial charge in [0, 0.05) is 14.1 Å². The highest BCUT2D eigenvalue weighted by atomic mass is 32.1. The maximum absolute atomic E-state index is 2.70. The Morgan fingerprint density at radius 3 is 1.80 bits per heavy atom. The number of aryl methyl sites for hydroxylation is 3. The molecule has 4 heteroatoms. The molecule has 0 fully saturated rings. The van der Waals surface area contributed by atoms with E-state index in [1.807, 2.05) is 11.3 Å². The molecule has 0 spiro atoms. The summed E-state index contributed by atoms with van der Waals surface area (Å²) in [6.45, 7) is 6.39. The smallest absolute Gasteiger partial charge is 0.0221 e. The van der Waals surface area contributed by atoms with Gasteiger partial charge in [-0.15, -0.1) is 22.7 Å². The first-order valence-electron chi connectivity index (χ1n) is 4.62. The van der Waals surface area contributed by atoms with Crippen LogP contribution in [-0.2, 0) is 0 Å². The zero-order valence-corrected chi connectivity index (χ0v) is 13.1. The van der Waals surface area contributed by atoms with Gasteiger partial charge in [-0.1, -0.05) is 18.5 Å². The minimum absolute atomic E-state index is 1.32. The quantitative estimate of drug-likeness (QED) is 0.646. The molecule has 0 saturated carbocycles. The van der Waals surface area contributed by atoms with Crippen LogP contribution in [0.4, 0.5) is 0 Å². The summed E-state index contributed by atoms with van der Waals surface area (Å²) in [5.41, 5.74) is 2.76. The largest absolute Gasteiger partial charge is 0.144 e. The summed E-state index contributed by atoms with van der Waals surface area (Å²) in [5.74, 6) is 0. The molecule has 2 unspecified atom stereocenters. The predicted molar refractivity (Wildman–Crippen MR) is 81.5 cm³/mol. The van der Waals surface area contributed by atoms with E-state index in [1.165, 1.54) is 25.2 Å². The van der Waals surface area contributed by atoms with Crippen molar-refractivity contribution in [1.82, 2.24) is 0 Å². The van der Waals surface area contributed by atoms with Crippen molar-refractivity contribution in [3.05, 3.63) is 33.5 Å². The molecule has 0 nitrogen and oxygen atoms in total. The highest BCUT2D eigenvalue weighted by molar-refractivity contribution is 7.43. The van der Waals surface area contributed by atoms with E-state index in [2.05, 4.69) is 56.8 Å². The predicted octanol–water partition coefficient (Wildman–Crippen LogP) is 3.42. The van der Waals surface area contributed by atoms with Gasteiger partial charge in [-0.25, -0.2) is 0 Å². The second-order valence-electron chi connectivity index (χ2n) is 3.41. The van der Waals surface area contributed by atoms with Crippen LogP contribution in [0, 0.1) is 20.8 Å². The first-order valence-corrected chi connectivity index (χ1v) is 7.47. The molecule has 0 bridgehead atoms. The normalized spacial score (nSPS) is 9.67. The lowest BCUT2D eigenvalue weighted by atomic mass is 10.3. The molecule has 0 aromatic carbocycles. The summed E-state index contributed by atoms with van der Waals surface area (Å²) < 4.78 is 2.65. The highest BCUT2D eigenvalue weighted by Crippen LogP contribution is 2.13. The van der Waals surface area contributed by atoms with E-state index >= 15 is 0 Å². The third-order valence-corrected chi connectivity index (χ3v) is 4.89. The van der Waals surface area contributed by atoms with Crippen molar-refractivity contribution in [2.45, 2.75) is 20.8 Å². The maximum atomic E-state index is 2.70. The second kappa shape index (κ2) is 6.11. The van der Waals surface area contributed by atoms with Crippen molar-refractivity contribution in [2.75, 3.05) is 0 Å². The van der Waals surface area contributed by atoms with E-state index in [0.717, 1.165) is 0 Å². The Labute approximate surface area is 105 Å². The van der Waals surface area contributed by atoms with E-state index in [0.29, 0.717) is 0 Å². The minimum atomic E-state index is 1.32. The van der Waals surface area contributed by atoms with Crippen LogP contribution in [0.2, 0.25) is 0 Å². The van der Waals surface area contributed by atoms with Gasteiger partial charge in [0.25, 0.3) is 0 Å². The molecule has 2 aromatic rings. The Balaban J connectivity index is 0.000000151. The van der Waals surface area contributed by atoms with Gasteiger partial charge in [0.2, 0.25) is 0 Å². The van der Waals surface area contributed by atoms with E-state index < -0.39 is 0 Å². The third kappa shape index (κ3) is 4.74. The fraction of sp³-hybridized carbons (Fsp3) is 0.273. The van der Waals surface area contributed by atoms with Gasteiger partial charge in [0.15, 0.2) is 0 Å². The van der Waals surface area contributed by atoms with Crippen LogP contribution < -0.4 is 9.24 Å². The Morgan fingerprint density at radius 1 is 1.00 bits per heavy atom. The van der Waals surface area contributed by atoms with Crippen LogP contribution in [-0.4, -0.2) is 0 Å². The molecule has 0 amide bonds. The Hall–Kier alpha value is 0.260. The molecular weight excluding hydrogens is 258 g/mol. The summed E-state index contributed by atoms with van der Waals surface area (Å²) in [6, 6.07) is 4.33. The summed E-state index contributed by atoms with van der Waals surface area (Å²) in [7, 11) is 5.37. The highest BCUT2D eigenvalue weighted by Gasteiger charge is 1.93. The molecule has 2 aromatic heterocycles. The van der Waals surface area contributed by atoms with Crippen molar-refractivity contribution >= 4 is 50.4 Å². The lowest BCUT2D eigenvalue weighted by Crippen LogP contribution is -1.71. The van der Waals surface area contributed by atoms with Crippen molar-refractivity contribution in [3.8, 4) is 0 Å². The number of rotatable bonds is 0. The number of hydrogen-bond donors (Lipinski definition) is 0. The van der Waals surface area contributed by atoms with Gasteiger partial charge >= 0.3 is 0 Å².